The van der Waals surface area contributed by atoms with Gasteiger partial charge in [-0.25, -0.2) is 0 Å². The van der Waals surface area contributed by atoms with Gasteiger partial charge in [0.1, 0.15) is 5.69 Å². The molecule has 1 unspecified atom stereocenters. The van der Waals surface area contributed by atoms with Crippen LogP contribution in [0.2, 0.25) is 0 Å². The topological polar surface area (TPSA) is 62.3 Å². The van der Waals surface area contributed by atoms with Gasteiger partial charge in [0, 0.05) is 31.4 Å². The van der Waals surface area contributed by atoms with Crippen molar-refractivity contribution in [3.8, 4) is 0 Å². The molecular formula is C21H25N3O2. The van der Waals surface area contributed by atoms with Crippen LogP contribution in [0.25, 0.3) is 0 Å². The van der Waals surface area contributed by atoms with Crippen molar-refractivity contribution >= 4 is 11.8 Å². The molecule has 1 aliphatic heterocycles. The van der Waals surface area contributed by atoms with E-state index in [1.807, 2.05) is 35.2 Å². The third-order valence-electron chi connectivity index (χ3n) is 4.73. The Hall–Kier alpha value is -2.69. The van der Waals surface area contributed by atoms with E-state index in [0.717, 1.165) is 32.4 Å². The number of pyridine rings is 1. The Morgan fingerprint density at radius 3 is 2.81 bits per heavy atom. The SMILES string of the molecule is CC1CCCN(C(=O)c2cc(C(=O)NCCc3ccccc3)ccn2)C1. The van der Waals surface area contributed by atoms with Gasteiger partial charge in [0.2, 0.25) is 0 Å². The smallest absolute Gasteiger partial charge is 0.272 e. The zero-order valence-corrected chi connectivity index (χ0v) is 15.1. The molecule has 0 bridgehead atoms. The standard InChI is InChI=1S/C21H25N3O2/c1-16-6-5-13-24(15-16)21(26)19-14-18(10-12-22-19)20(25)23-11-9-17-7-3-2-4-8-17/h2-4,7-8,10,12,14,16H,5-6,9,11,13,15H2,1H3,(H,23,25). The number of nitrogens with one attached hydrogen (secondary N) is 1. The molecule has 2 heterocycles. The van der Waals surface area contributed by atoms with Crippen molar-refractivity contribution in [3.05, 3.63) is 65.5 Å². The van der Waals surface area contributed by atoms with Gasteiger partial charge < -0.3 is 10.2 Å². The summed E-state index contributed by atoms with van der Waals surface area (Å²) in [6.07, 6.45) is 4.48. The van der Waals surface area contributed by atoms with E-state index in [0.29, 0.717) is 23.7 Å². The fraction of sp³-hybridized carbons (Fsp3) is 0.381. The van der Waals surface area contributed by atoms with Crippen LogP contribution in [0.3, 0.4) is 0 Å². The van der Waals surface area contributed by atoms with Gasteiger partial charge >= 0.3 is 0 Å². The Labute approximate surface area is 154 Å². The number of piperidine rings is 1. The summed E-state index contributed by atoms with van der Waals surface area (Å²) in [5, 5.41) is 2.91. The summed E-state index contributed by atoms with van der Waals surface area (Å²) in [6, 6.07) is 13.3. The lowest BCUT2D eigenvalue weighted by atomic mass is 10.00. The number of carbonyl (C=O) groups is 2. The molecule has 136 valence electrons. The number of nitrogens with zero attached hydrogens (tertiary/aromatic N) is 2. The lowest BCUT2D eigenvalue weighted by molar-refractivity contribution is 0.0677. The minimum atomic E-state index is -0.176. The highest BCUT2D eigenvalue weighted by Crippen LogP contribution is 2.17. The molecule has 1 aromatic heterocycles. The van der Waals surface area contributed by atoms with Gasteiger partial charge in [-0.2, -0.15) is 0 Å². The largest absolute Gasteiger partial charge is 0.352 e. The number of benzene rings is 1. The minimum Gasteiger partial charge on any atom is -0.352 e. The maximum absolute atomic E-state index is 12.7. The van der Waals surface area contributed by atoms with Gasteiger partial charge in [0.25, 0.3) is 11.8 Å². The second kappa shape index (κ2) is 8.61. The first-order chi connectivity index (χ1) is 12.6. The zero-order chi connectivity index (χ0) is 18.4. The summed E-state index contributed by atoms with van der Waals surface area (Å²) >= 11 is 0. The summed E-state index contributed by atoms with van der Waals surface area (Å²) in [6.45, 7) is 4.23. The van der Waals surface area contributed by atoms with Gasteiger partial charge in [-0.05, 0) is 42.9 Å². The van der Waals surface area contributed by atoms with Gasteiger partial charge in [0.15, 0.2) is 0 Å². The van der Waals surface area contributed by atoms with Crippen molar-refractivity contribution < 1.29 is 9.59 Å². The van der Waals surface area contributed by atoms with Crippen LogP contribution in [0.4, 0.5) is 0 Å². The number of hydrogen-bond acceptors (Lipinski definition) is 3. The summed E-state index contributed by atoms with van der Waals surface area (Å²) < 4.78 is 0. The summed E-state index contributed by atoms with van der Waals surface area (Å²) in [5.41, 5.74) is 1.99. The fourth-order valence-electron chi connectivity index (χ4n) is 3.29. The average molecular weight is 351 g/mol. The van der Waals surface area contributed by atoms with Gasteiger partial charge in [0.05, 0.1) is 0 Å². The maximum atomic E-state index is 12.7. The highest BCUT2D eigenvalue weighted by atomic mass is 16.2. The number of carbonyl (C=O) groups excluding carboxylic acids is 2. The van der Waals surface area contributed by atoms with Crippen LogP contribution in [-0.2, 0) is 6.42 Å². The highest BCUT2D eigenvalue weighted by Gasteiger charge is 2.23. The highest BCUT2D eigenvalue weighted by molar-refractivity contribution is 5.98. The Bertz CT molecular complexity index is 761. The van der Waals surface area contributed by atoms with E-state index >= 15 is 0 Å². The van der Waals surface area contributed by atoms with Crippen LogP contribution in [0.5, 0.6) is 0 Å². The molecular weight excluding hydrogens is 326 g/mol. The third-order valence-corrected chi connectivity index (χ3v) is 4.73. The first-order valence-electron chi connectivity index (χ1n) is 9.21. The summed E-state index contributed by atoms with van der Waals surface area (Å²) in [4.78, 5) is 31.0. The van der Waals surface area contributed by atoms with Crippen LogP contribution in [0.15, 0.2) is 48.7 Å². The van der Waals surface area contributed by atoms with E-state index in [-0.39, 0.29) is 11.8 Å². The van der Waals surface area contributed by atoms with Gasteiger partial charge in [-0.3, -0.25) is 14.6 Å². The van der Waals surface area contributed by atoms with E-state index < -0.39 is 0 Å². The number of rotatable bonds is 5. The molecule has 26 heavy (non-hydrogen) atoms. The lowest BCUT2D eigenvalue weighted by Gasteiger charge is -2.30. The van der Waals surface area contributed by atoms with Crippen LogP contribution in [0.1, 0.15) is 46.2 Å². The molecule has 0 radical (unpaired) electrons. The molecule has 0 saturated carbocycles. The first-order valence-corrected chi connectivity index (χ1v) is 9.21. The molecule has 1 atom stereocenters. The normalized spacial score (nSPS) is 17.0. The molecule has 2 aromatic rings. The molecule has 3 rings (SSSR count). The number of aromatic nitrogens is 1. The number of hydrogen-bond donors (Lipinski definition) is 1. The Morgan fingerprint density at radius 1 is 1.23 bits per heavy atom. The Morgan fingerprint density at radius 2 is 2.04 bits per heavy atom. The Balaban J connectivity index is 1.59. The molecule has 0 spiro atoms. The minimum absolute atomic E-state index is 0.0875. The summed E-state index contributed by atoms with van der Waals surface area (Å²) in [5.74, 6) is 0.247. The molecule has 5 heteroatoms. The van der Waals surface area contributed by atoms with Crippen molar-refractivity contribution in [1.29, 1.82) is 0 Å². The second-order valence-corrected chi connectivity index (χ2v) is 6.92. The molecule has 1 fully saturated rings. The van der Waals surface area contributed by atoms with Crippen molar-refractivity contribution in [2.75, 3.05) is 19.6 Å². The van der Waals surface area contributed by atoms with E-state index in [4.69, 9.17) is 0 Å². The Kier molecular flexibility index (Phi) is 6.00. The third kappa shape index (κ3) is 4.69. The predicted octanol–water partition coefficient (Wildman–Crippen LogP) is 2.93. The maximum Gasteiger partial charge on any atom is 0.272 e. The van der Waals surface area contributed by atoms with Crippen LogP contribution >= 0.6 is 0 Å². The fourth-order valence-corrected chi connectivity index (χ4v) is 3.29. The molecule has 0 aliphatic carbocycles. The first kappa shape index (κ1) is 18.1. The molecule has 1 aromatic carbocycles. The molecule has 5 nitrogen and oxygen atoms in total. The second-order valence-electron chi connectivity index (χ2n) is 6.92. The number of amides is 2. The van der Waals surface area contributed by atoms with Crippen molar-refractivity contribution in [1.82, 2.24) is 15.2 Å². The van der Waals surface area contributed by atoms with E-state index in [2.05, 4.69) is 17.2 Å². The predicted molar refractivity (Wildman–Crippen MR) is 101 cm³/mol. The van der Waals surface area contributed by atoms with Gasteiger partial charge in [-0.15, -0.1) is 0 Å². The van der Waals surface area contributed by atoms with E-state index in [1.54, 1.807) is 12.1 Å². The quantitative estimate of drug-likeness (QED) is 0.901. The average Bonchev–Trinajstić information content (AvgIpc) is 2.68. The van der Waals surface area contributed by atoms with E-state index in [1.165, 1.54) is 11.8 Å². The number of likely N-dealkylation sites (tertiary alicyclic amines) is 1. The monoisotopic (exact) mass is 351 g/mol. The lowest BCUT2D eigenvalue weighted by Crippen LogP contribution is -2.39. The molecule has 2 amide bonds. The van der Waals surface area contributed by atoms with E-state index in [9.17, 15) is 9.59 Å². The van der Waals surface area contributed by atoms with Crippen molar-refractivity contribution in [3.63, 3.8) is 0 Å². The van der Waals surface area contributed by atoms with Crippen molar-refractivity contribution in [2.24, 2.45) is 5.92 Å². The van der Waals surface area contributed by atoms with Crippen LogP contribution < -0.4 is 5.32 Å². The van der Waals surface area contributed by atoms with Crippen molar-refractivity contribution in [2.45, 2.75) is 26.2 Å². The van der Waals surface area contributed by atoms with Crippen LogP contribution in [0, 0.1) is 5.92 Å². The molecule has 1 aliphatic rings. The van der Waals surface area contributed by atoms with Gasteiger partial charge in [-0.1, -0.05) is 37.3 Å². The summed E-state index contributed by atoms with van der Waals surface area (Å²) in [7, 11) is 0. The zero-order valence-electron chi connectivity index (χ0n) is 15.1. The van der Waals surface area contributed by atoms with Crippen LogP contribution in [-0.4, -0.2) is 41.3 Å². The molecule has 1 saturated heterocycles. The molecule has 1 N–H and O–H groups in total.